The molecule has 154 valence electrons. The zero-order valence-electron chi connectivity index (χ0n) is 18.7. The molecular formula is C27H40O. The Morgan fingerprint density at radius 3 is 2.61 bits per heavy atom. The Morgan fingerprint density at radius 1 is 1.07 bits per heavy atom. The molecule has 4 aliphatic rings. The van der Waals surface area contributed by atoms with Crippen molar-refractivity contribution in [3.05, 3.63) is 47.1 Å². The van der Waals surface area contributed by atoms with Gasteiger partial charge in [-0.05, 0) is 93.3 Å². The molecule has 0 aliphatic heterocycles. The lowest BCUT2D eigenvalue weighted by molar-refractivity contribution is 0.0383. The lowest BCUT2D eigenvalue weighted by atomic mass is 9.50. The second kappa shape index (κ2) is 7.31. The predicted octanol–water partition coefficient (Wildman–Crippen LogP) is 7.00. The van der Waals surface area contributed by atoms with E-state index in [1.807, 2.05) is 0 Å². The fourth-order valence-electron chi connectivity index (χ4n) is 7.44. The summed E-state index contributed by atoms with van der Waals surface area (Å²) in [7, 11) is 0. The number of hydrogen-bond acceptors (Lipinski definition) is 1. The van der Waals surface area contributed by atoms with E-state index in [2.05, 4.69) is 65.0 Å². The van der Waals surface area contributed by atoms with Gasteiger partial charge in [-0.1, -0.05) is 67.9 Å². The molecule has 0 aromatic carbocycles. The van der Waals surface area contributed by atoms with Gasteiger partial charge in [-0.3, -0.25) is 0 Å². The summed E-state index contributed by atoms with van der Waals surface area (Å²) in [5, 5.41) is 10.2. The molecule has 0 bridgehead atoms. The van der Waals surface area contributed by atoms with Gasteiger partial charge in [0.25, 0.3) is 0 Å². The Hall–Kier alpha value is -1.08. The number of aliphatic hydroxyl groups is 1. The Morgan fingerprint density at radius 2 is 1.86 bits per heavy atom. The minimum atomic E-state index is -0.118. The van der Waals surface area contributed by atoms with Crippen molar-refractivity contribution in [1.82, 2.24) is 0 Å². The molecule has 0 radical (unpaired) electrons. The molecule has 4 rings (SSSR count). The van der Waals surface area contributed by atoms with Gasteiger partial charge in [-0.2, -0.15) is 0 Å². The third-order valence-corrected chi connectivity index (χ3v) is 9.10. The van der Waals surface area contributed by atoms with Crippen LogP contribution in [0, 0.1) is 34.5 Å². The summed E-state index contributed by atoms with van der Waals surface area (Å²) < 4.78 is 0. The standard InChI is InChI=1S/C27H40O/c1-18(2)7-6-8-19(3)23-11-12-24-22-10-9-20-17-21(28)13-15-26(20,4)25(22)14-16-27(23,24)5/h6-10,19,21,23-25,28H,11-17H2,1-5H3/t19-,21+,23-,24+,25+,26+,27-/m1/s1. The average Bonchev–Trinajstić information content (AvgIpc) is 2.99. The molecule has 0 amide bonds. The van der Waals surface area contributed by atoms with Gasteiger partial charge < -0.3 is 5.11 Å². The third-order valence-electron chi connectivity index (χ3n) is 9.10. The van der Waals surface area contributed by atoms with Gasteiger partial charge in [0.05, 0.1) is 6.10 Å². The summed E-state index contributed by atoms with van der Waals surface area (Å²) in [4.78, 5) is 0. The summed E-state index contributed by atoms with van der Waals surface area (Å²) >= 11 is 0. The first kappa shape index (κ1) is 20.2. The van der Waals surface area contributed by atoms with E-state index in [4.69, 9.17) is 0 Å². The minimum absolute atomic E-state index is 0.118. The number of rotatable bonds is 3. The first-order chi connectivity index (χ1) is 13.3. The number of hydrogen-bond donors (Lipinski definition) is 1. The normalized spacial score (nSPS) is 43.5. The van der Waals surface area contributed by atoms with Crippen LogP contribution in [0.5, 0.6) is 0 Å². The largest absolute Gasteiger partial charge is 0.393 e. The number of allylic oxidation sites excluding steroid dienone is 7. The summed E-state index contributed by atoms with van der Waals surface area (Å²) in [6.45, 7) is 11.9. The molecule has 0 aromatic heterocycles. The first-order valence-electron chi connectivity index (χ1n) is 11.7. The maximum Gasteiger partial charge on any atom is 0.0578 e. The van der Waals surface area contributed by atoms with Crippen molar-refractivity contribution in [1.29, 1.82) is 0 Å². The highest BCUT2D eigenvalue weighted by molar-refractivity contribution is 5.39. The van der Waals surface area contributed by atoms with Crippen LogP contribution in [0.4, 0.5) is 0 Å². The monoisotopic (exact) mass is 380 g/mol. The first-order valence-corrected chi connectivity index (χ1v) is 11.7. The Labute approximate surface area is 172 Å². The van der Waals surface area contributed by atoms with Crippen LogP contribution >= 0.6 is 0 Å². The van der Waals surface area contributed by atoms with Crippen LogP contribution in [0.1, 0.15) is 79.6 Å². The van der Waals surface area contributed by atoms with Crippen molar-refractivity contribution in [3.63, 3.8) is 0 Å². The topological polar surface area (TPSA) is 20.2 Å². The van der Waals surface area contributed by atoms with Gasteiger partial charge in [0.2, 0.25) is 0 Å². The maximum absolute atomic E-state index is 10.2. The maximum atomic E-state index is 10.2. The van der Waals surface area contributed by atoms with Crippen LogP contribution in [0.15, 0.2) is 47.1 Å². The average molecular weight is 381 g/mol. The van der Waals surface area contributed by atoms with Crippen LogP contribution in [0.3, 0.4) is 0 Å². The molecule has 3 saturated carbocycles. The van der Waals surface area contributed by atoms with Gasteiger partial charge >= 0.3 is 0 Å². The van der Waals surface area contributed by atoms with E-state index in [0.29, 0.717) is 22.7 Å². The fraction of sp³-hybridized carbons (Fsp3) is 0.704. The smallest absolute Gasteiger partial charge is 0.0578 e. The van der Waals surface area contributed by atoms with E-state index in [1.165, 1.54) is 36.8 Å². The molecule has 1 heteroatoms. The van der Waals surface area contributed by atoms with Gasteiger partial charge in [-0.15, -0.1) is 0 Å². The molecule has 1 N–H and O–H groups in total. The fourth-order valence-corrected chi connectivity index (χ4v) is 7.44. The van der Waals surface area contributed by atoms with E-state index < -0.39 is 0 Å². The molecule has 7 atom stereocenters. The molecule has 4 aliphatic carbocycles. The zero-order valence-corrected chi connectivity index (χ0v) is 18.7. The second-order valence-corrected chi connectivity index (χ2v) is 11.0. The van der Waals surface area contributed by atoms with Crippen molar-refractivity contribution in [2.75, 3.05) is 0 Å². The van der Waals surface area contributed by atoms with Gasteiger partial charge in [0.15, 0.2) is 0 Å². The Bertz CT molecular complexity index is 733. The molecule has 28 heavy (non-hydrogen) atoms. The quantitative estimate of drug-likeness (QED) is 0.522. The summed E-state index contributed by atoms with van der Waals surface area (Å²) in [6.07, 6.45) is 20.3. The van der Waals surface area contributed by atoms with Crippen LogP contribution in [0.2, 0.25) is 0 Å². The SMILES string of the molecule is CC(C)=CC=C[C@@H](C)[C@H]1CC[C@H]2C3=CC=C4C[C@@H](O)CC[C@]4(C)[C@H]3CC[C@]12C. The molecule has 1 nitrogen and oxygen atoms in total. The molecule has 0 saturated heterocycles. The van der Waals surface area contributed by atoms with E-state index in [0.717, 1.165) is 31.1 Å². The highest BCUT2D eigenvalue weighted by Crippen LogP contribution is 2.65. The molecule has 0 spiro atoms. The summed E-state index contributed by atoms with van der Waals surface area (Å²) in [6, 6.07) is 0. The Balaban J connectivity index is 1.59. The predicted molar refractivity (Wildman–Crippen MR) is 119 cm³/mol. The molecule has 0 heterocycles. The van der Waals surface area contributed by atoms with E-state index in [9.17, 15) is 5.11 Å². The highest BCUT2D eigenvalue weighted by Gasteiger charge is 2.56. The zero-order chi connectivity index (χ0) is 20.1. The Kier molecular flexibility index (Phi) is 5.28. The minimum Gasteiger partial charge on any atom is -0.393 e. The van der Waals surface area contributed by atoms with Gasteiger partial charge in [-0.25, -0.2) is 0 Å². The molecular weight excluding hydrogens is 340 g/mol. The van der Waals surface area contributed by atoms with E-state index in [-0.39, 0.29) is 6.10 Å². The second-order valence-electron chi connectivity index (χ2n) is 11.0. The van der Waals surface area contributed by atoms with Crippen molar-refractivity contribution >= 4 is 0 Å². The molecule has 3 fully saturated rings. The number of fused-ring (bicyclic) bond motifs is 5. The highest BCUT2D eigenvalue weighted by atomic mass is 16.3. The molecule has 0 aromatic rings. The van der Waals surface area contributed by atoms with E-state index in [1.54, 1.807) is 5.57 Å². The lowest BCUT2D eigenvalue weighted by Gasteiger charge is -2.55. The molecule has 0 unspecified atom stereocenters. The van der Waals surface area contributed by atoms with Crippen molar-refractivity contribution in [2.24, 2.45) is 34.5 Å². The summed E-state index contributed by atoms with van der Waals surface area (Å²) in [5.74, 6) is 2.93. The van der Waals surface area contributed by atoms with Crippen LogP contribution < -0.4 is 0 Å². The van der Waals surface area contributed by atoms with Gasteiger partial charge in [0, 0.05) is 0 Å². The van der Waals surface area contributed by atoms with Crippen LogP contribution in [-0.4, -0.2) is 11.2 Å². The van der Waals surface area contributed by atoms with Crippen molar-refractivity contribution in [3.8, 4) is 0 Å². The lowest BCUT2D eigenvalue weighted by Crippen LogP contribution is -2.46. The van der Waals surface area contributed by atoms with Crippen LogP contribution in [-0.2, 0) is 0 Å². The van der Waals surface area contributed by atoms with Gasteiger partial charge in [0.1, 0.15) is 0 Å². The van der Waals surface area contributed by atoms with Crippen molar-refractivity contribution in [2.45, 2.75) is 85.7 Å². The summed E-state index contributed by atoms with van der Waals surface area (Å²) in [5.41, 5.74) is 5.42. The van der Waals surface area contributed by atoms with Crippen LogP contribution in [0.25, 0.3) is 0 Å². The number of aliphatic hydroxyl groups excluding tert-OH is 1. The third kappa shape index (κ3) is 3.18. The van der Waals surface area contributed by atoms with E-state index >= 15 is 0 Å². The van der Waals surface area contributed by atoms with Crippen molar-refractivity contribution < 1.29 is 5.11 Å².